The molecule has 1 amide bonds. The Hall–Kier alpha value is -2.08. The highest BCUT2D eigenvalue weighted by Gasteiger charge is 2.29. The van der Waals surface area contributed by atoms with E-state index in [0.29, 0.717) is 18.3 Å². The molecule has 3 N–H and O–H groups in total. The number of allylic oxidation sites excluding steroid dienone is 1. The summed E-state index contributed by atoms with van der Waals surface area (Å²) in [6.07, 6.45) is 5.58. The van der Waals surface area contributed by atoms with Crippen molar-refractivity contribution in [3.63, 3.8) is 0 Å². The van der Waals surface area contributed by atoms with Gasteiger partial charge in [0.15, 0.2) is 0 Å². The number of rotatable bonds is 4. The van der Waals surface area contributed by atoms with E-state index in [1.807, 2.05) is 12.1 Å². The van der Waals surface area contributed by atoms with Gasteiger partial charge in [0.1, 0.15) is 0 Å². The number of ether oxygens (including phenoxy) is 1. The summed E-state index contributed by atoms with van der Waals surface area (Å²) in [6.45, 7) is 2.28. The van der Waals surface area contributed by atoms with E-state index < -0.39 is 0 Å². The van der Waals surface area contributed by atoms with Gasteiger partial charge < -0.3 is 15.4 Å². The van der Waals surface area contributed by atoms with E-state index in [1.165, 1.54) is 5.70 Å². The molecule has 0 aromatic carbocycles. The largest absolute Gasteiger partial charge is 0.481 e. The van der Waals surface area contributed by atoms with Gasteiger partial charge in [0.25, 0.3) is 0 Å². The van der Waals surface area contributed by atoms with Crippen LogP contribution in [0.5, 0.6) is 5.88 Å². The second kappa shape index (κ2) is 6.79. The molecule has 0 radical (unpaired) electrons. The van der Waals surface area contributed by atoms with Gasteiger partial charge in [0.05, 0.1) is 13.8 Å². The van der Waals surface area contributed by atoms with Crippen molar-refractivity contribution >= 4 is 5.91 Å². The standard InChI is InChI=1S/C16H22N4O2/c1-22-15-6-11(4-5-18-15)8-19-16(21)12-2-3-14-13(7-12)9-17-10-20-14/h3-6,12-13,17,20H,2,7-10H2,1H3,(H,19,21). The molecule has 6 nitrogen and oxygen atoms in total. The molecule has 1 saturated heterocycles. The first-order chi connectivity index (χ1) is 10.8. The van der Waals surface area contributed by atoms with Crippen LogP contribution in [0.4, 0.5) is 0 Å². The van der Waals surface area contributed by atoms with Gasteiger partial charge >= 0.3 is 0 Å². The third-order valence-electron chi connectivity index (χ3n) is 4.29. The maximum Gasteiger partial charge on any atom is 0.223 e. The number of hydrogen-bond donors (Lipinski definition) is 3. The third kappa shape index (κ3) is 3.39. The SMILES string of the molecule is COc1cc(CNC(=O)C2CC=C3NCNCC3C2)ccn1. The fourth-order valence-electron chi connectivity index (χ4n) is 3.04. The fraction of sp³-hybridized carbons (Fsp3) is 0.500. The van der Waals surface area contributed by atoms with Gasteiger partial charge in [-0.2, -0.15) is 0 Å². The third-order valence-corrected chi connectivity index (χ3v) is 4.29. The van der Waals surface area contributed by atoms with Crippen molar-refractivity contribution in [3.8, 4) is 5.88 Å². The maximum atomic E-state index is 12.4. The highest BCUT2D eigenvalue weighted by Crippen LogP contribution is 2.28. The summed E-state index contributed by atoms with van der Waals surface area (Å²) >= 11 is 0. The van der Waals surface area contributed by atoms with Gasteiger partial charge in [0, 0.05) is 42.9 Å². The van der Waals surface area contributed by atoms with E-state index >= 15 is 0 Å². The van der Waals surface area contributed by atoms with Crippen LogP contribution in [0.25, 0.3) is 0 Å². The van der Waals surface area contributed by atoms with Crippen LogP contribution in [0.3, 0.4) is 0 Å². The summed E-state index contributed by atoms with van der Waals surface area (Å²) in [7, 11) is 1.59. The Morgan fingerprint density at radius 3 is 3.32 bits per heavy atom. The number of methoxy groups -OCH3 is 1. The van der Waals surface area contributed by atoms with Crippen molar-refractivity contribution in [1.82, 2.24) is 20.9 Å². The Balaban J connectivity index is 1.55. The Morgan fingerprint density at radius 2 is 2.45 bits per heavy atom. The molecule has 2 atom stereocenters. The Morgan fingerprint density at radius 1 is 1.55 bits per heavy atom. The molecule has 1 aromatic rings. The molecule has 2 aliphatic rings. The molecule has 2 unspecified atom stereocenters. The van der Waals surface area contributed by atoms with Crippen molar-refractivity contribution in [3.05, 3.63) is 35.7 Å². The number of fused-ring (bicyclic) bond motifs is 1. The predicted octanol–water partition coefficient (Wildman–Crippen LogP) is 0.767. The summed E-state index contributed by atoms with van der Waals surface area (Å²) in [5, 5.41) is 9.68. The molecular weight excluding hydrogens is 280 g/mol. The number of hydrogen-bond acceptors (Lipinski definition) is 5. The summed E-state index contributed by atoms with van der Waals surface area (Å²) in [5.41, 5.74) is 2.29. The van der Waals surface area contributed by atoms with E-state index in [0.717, 1.165) is 31.6 Å². The van der Waals surface area contributed by atoms with Crippen LogP contribution in [0.2, 0.25) is 0 Å². The lowest BCUT2D eigenvalue weighted by molar-refractivity contribution is -0.125. The van der Waals surface area contributed by atoms with Crippen LogP contribution in [-0.2, 0) is 11.3 Å². The first kappa shape index (κ1) is 14.8. The van der Waals surface area contributed by atoms with Crippen LogP contribution < -0.4 is 20.7 Å². The summed E-state index contributed by atoms with van der Waals surface area (Å²) in [6, 6.07) is 3.73. The van der Waals surface area contributed by atoms with E-state index in [4.69, 9.17) is 4.74 Å². The highest BCUT2D eigenvalue weighted by atomic mass is 16.5. The zero-order chi connectivity index (χ0) is 15.4. The average Bonchev–Trinajstić information content (AvgIpc) is 2.59. The minimum Gasteiger partial charge on any atom is -0.481 e. The van der Waals surface area contributed by atoms with Gasteiger partial charge in [-0.25, -0.2) is 4.98 Å². The lowest BCUT2D eigenvalue weighted by Gasteiger charge is -2.34. The Bertz CT molecular complexity index is 573. The minimum absolute atomic E-state index is 0.0548. The van der Waals surface area contributed by atoms with E-state index in [1.54, 1.807) is 13.3 Å². The first-order valence-corrected chi connectivity index (χ1v) is 7.67. The fourth-order valence-corrected chi connectivity index (χ4v) is 3.04. The van der Waals surface area contributed by atoms with E-state index in [2.05, 4.69) is 27.0 Å². The van der Waals surface area contributed by atoms with E-state index in [9.17, 15) is 4.79 Å². The second-order valence-electron chi connectivity index (χ2n) is 5.76. The average molecular weight is 302 g/mol. The van der Waals surface area contributed by atoms with Crippen LogP contribution in [-0.4, -0.2) is 31.2 Å². The monoisotopic (exact) mass is 302 g/mol. The number of nitrogens with zero attached hydrogens (tertiary/aromatic N) is 1. The number of amides is 1. The molecule has 1 aliphatic heterocycles. The van der Waals surface area contributed by atoms with Gasteiger partial charge in [0.2, 0.25) is 11.8 Å². The lowest BCUT2D eigenvalue weighted by Crippen LogP contribution is -2.45. The summed E-state index contributed by atoms with van der Waals surface area (Å²) < 4.78 is 5.09. The van der Waals surface area contributed by atoms with Gasteiger partial charge in [-0.15, -0.1) is 0 Å². The van der Waals surface area contributed by atoms with Crippen LogP contribution in [0.15, 0.2) is 30.1 Å². The van der Waals surface area contributed by atoms with Gasteiger partial charge in [-0.3, -0.25) is 10.1 Å². The Kier molecular flexibility index (Phi) is 4.58. The smallest absolute Gasteiger partial charge is 0.223 e. The van der Waals surface area contributed by atoms with Crippen molar-refractivity contribution < 1.29 is 9.53 Å². The van der Waals surface area contributed by atoms with Crippen LogP contribution in [0, 0.1) is 11.8 Å². The maximum absolute atomic E-state index is 12.4. The molecule has 1 aromatic heterocycles. The molecule has 0 saturated carbocycles. The second-order valence-corrected chi connectivity index (χ2v) is 5.76. The highest BCUT2D eigenvalue weighted by molar-refractivity contribution is 5.79. The number of carbonyl (C=O) groups excluding carboxylic acids is 1. The zero-order valence-corrected chi connectivity index (χ0v) is 12.8. The molecule has 0 bridgehead atoms. The molecule has 2 heterocycles. The minimum atomic E-state index is 0.0548. The van der Waals surface area contributed by atoms with Gasteiger partial charge in [-0.1, -0.05) is 6.08 Å². The number of pyridine rings is 1. The number of aromatic nitrogens is 1. The molecule has 6 heteroatoms. The number of nitrogens with one attached hydrogen (secondary N) is 3. The summed E-state index contributed by atoms with van der Waals surface area (Å²) in [5.74, 6) is 1.17. The molecular formula is C16H22N4O2. The summed E-state index contributed by atoms with van der Waals surface area (Å²) in [4.78, 5) is 16.4. The molecule has 118 valence electrons. The molecule has 22 heavy (non-hydrogen) atoms. The van der Waals surface area contributed by atoms with Crippen LogP contribution in [0.1, 0.15) is 18.4 Å². The van der Waals surface area contributed by atoms with Gasteiger partial charge in [-0.05, 0) is 24.5 Å². The topological polar surface area (TPSA) is 75.3 Å². The first-order valence-electron chi connectivity index (χ1n) is 7.67. The molecule has 1 aliphatic carbocycles. The zero-order valence-electron chi connectivity index (χ0n) is 12.8. The van der Waals surface area contributed by atoms with Crippen molar-refractivity contribution in [2.75, 3.05) is 20.3 Å². The Labute approximate surface area is 130 Å². The van der Waals surface area contributed by atoms with E-state index in [-0.39, 0.29) is 11.8 Å². The number of carbonyl (C=O) groups is 1. The molecule has 0 spiro atoms. The normalized spacial score (nSPS) is 23.8. The van der Waals surface area contributed by atoms with Crippen LogP contribution >= 0.6 is 0 Å². The van der Waals surface area contributed by atoms with Crippen molar-refractivity contribution in [2.45, 2.75) is 19.4 Å². The molecule has 3 rings (SSSR count). The van der Waals surface area contributed by atoms with Crippen molar-refractivity contribution in [2.24, 2.45) is 11.8 Å². The quantitative estimate of drug-likeness (QED) is 0.766. The van der Waals surface area contributed by atoms with Crippen molar-refractivity contribution in [1.29, 1.82) is 0 Å². The predicted molar refractivity (Wildman–Crippen MR) is 82.9 cm³/mol. The molecule has 1 fully saturated rings. The lowest BCUT2D eigenvalue weighted by atomic mass is 9.83.